The zero-order valence-corrected chi connectivity index (χ0v) is 14.4. The third kappa shape index (κ3) is 3.39. The summed E-state index contributed by atoms with van der Waals surface area (Å²) in [6.07, 6.45) is 0. The van der Waals surface area contributed by atoms with E-state index in [-0.39, 0.29) is 5.16 Å². The number of anilines is 1. The maximum atomic E-state index is 10.4. The Kier molecular flexibility index (Phi) is 4.58. The largest absolute Gasteiger partial charge is 0.507 e. The number of para-hydroxylation sites is 2. The SMILES string of the molecule is Cc1cccc(C(C)(C)Pc2ccccc2N(C)C)c1O. The van der Waals surface area contributed by atoms with Gasteiger partial charge in [0.05, 0.1) is 0 Å². The molecule has 1 N–H and O–H groups in total. The Labute approximate surface area is 129 Å². The van der Waals surface area contributed by atoms with E-state index in [9.17, 15) is 5.11 Å². The van der Waals surface area contributed by atoms with Crippen molar-refractivity contribution in [3.63, 3.8) is 0 Å². The molecule has 0 aliphatic heterocycles. The molecule has 1 unspecified atom stereocenters. The van der Waals surface area contributed by atoms with Gasteiger partial charge in [0.2, 0.25) is 0 Å². The molecule has 0 aliphatic carbocycles. The number of phenolic OH excluding ortho intramolecular Hbond substituents is 1. The molecule has 112 valence electrons. The van der Waals surface area contributed by atoms with Gasteiger partial charge in [0.25, 0.3) is 0 Å². The van der Waals surface area contributed by atoms with Crippen LogP contribution in [0.15, 0.2) is 42.5 Å². The molecule has 21 heavy (non-hydrogen) atoms. The summed E-state index contributed by atoms with van der Waals surface area (Å²) in [5.74, 6) is 0.428. The zero-order chi connectivity index (χ0) is 15.6. The molecule has 0 spiro atoms. The van der Waals surface area contributed by atoms with E-state index in [0.29, 0.717) is 14.3 Å². The van der Waals surface area contributed by atoms with Crippen LogP contribution in [0.5, 0.6) is 5.75 Å². The van der Waals surface area contributed by atoms with Gasteiger partial charge in [-0.15, -0.1) is 0 Å². The highest BCUT2D eigenvalue weighted by molar-refractivity contribution is 7.49. The van der Waals surface area contributed by atoms with Crippen LogP contribution in [0.2, 0.25) is 0 Å². The Balaban J connectivity index is 2.40. The Morgan fingerprint density at radius 2 is 1.67 bits per heavy atom. The van der Waals surface area contributed by atoms with Gasteiger partial charge in [-0.1, -0.05) is 58.8 Å². The average Bonchev–Trinajstić information content (AvgIpc) is 2.41. The predicted molar refractivity (Wildman–Crippen MR) is 94.6 cm³/mol. The lowest BCUT2D eigenvalue weighted by atomic mass is 9.99. The van der Waals surface area contributed by atoms with Crippen molar-refractivity contribution in [3.05, 3.63) is 53.6 Å². The number of aromatic hydroxyl groups is 1. The molecular weight excluding hydrogens is 277 g/mol. The van der Waals surface area contributed by atoms with Crippen LogP contribution in [0.1, 0.15) is 25.0 Å². The second kappa shape index (κ2) is 6.07. The normalized spacial score (nSPS) is 12.0. The van der Waals surface area contributed by atoms with Crippen molar-refractivity contribution in [1.82, 2.24) is 0 Å². The molecule has 0 saturated heterocycles. The van der Waals surface area contributed by atoms with Gasteiger partial charge in [0.15, 0.2) is 0 Å². The summed E-state index contributed by atoms with van der Waals surface area (Å²) in [4.78, 5) is 2.15. The highest BCUT2D eigenvalue weighted by Crippen LogP contribution is 2.45. The third-order valence-corrected chi connectivity index (χ3v) is 5.33. The van der Waals surface area contributed by atoms with Crippen LogP contribution in [0.25, 0.3) is 0 Å². The van der Waals surface area contributed by atoms with Gasteiger partial charge < -0.3 is 10.0 Å². The van der Waals surface area contributed by atoms with E-state index in [1.807, 2.05) is 25.1 Å². The second-order valence-electron chi connectivity index (χ2n) is 6.13. The van der Waals surface area contributed by atoms with E-state index >= 15 is 0 Å². The molecule has 0 bridgehead atoms. The predicted octanol–water partition coefficient (Wildman–Crippen LogP) is 4.01. The number of benzene rings is 2. The molecule has 0 fully saturated rings. The van der Waals surface area contributed by atoms with Crippen LogP contribution in [0, 0.1) is 6.92 Å². The maximum Gasteiger partial charge on any atom is 0.122 e. The highest BCUT2D eigenvalue weighted by atomic mass is 31.1. The number of rotatable bonds is 4. The standard InChI is InChI=1S/C18H24NOP/c1-13-9-8-10-14(17(13)20)18(2,3)21-16-12-7-6-11-15(16)19(4)5/h6-12,20-21H,1-5H3. The molecular formula is C18H24NOP. The van der Waals surface area contributed by atoms with E-state index in [1.54, 1.807) is 0 Å². The Hall–Kier alpha value is -1.53. The number of hydrogen-bond donors (Lipinski definition) is 1. The van der Waals surface area contributed by atoms with Crippen molar-refractivity contribution in [3.8, 4) is 5.75 Å². The molecule has 1 atom stereocenters. The molecule has 0 aliphatic rings. The average molecular weight is 301 g/mol. The molecule has 0 radical (unpaired) electrons. The lowest BCUT2D eigenvalue weighted by Gasteiger charge is -2.29. The lowest BCUT2D eigenvalue weighted by Crippen LogP contribution is -2.21. The van der Waals surface area contributed by atoms with Gasteiger partial charge in [0.1, 0.15) is 5.75 Å². The molecule has 0 saturated carbocycles. The van der Waals surface area contributed by atoms with E-state index in [2.05, 4.69) is 57.1 Å². The van der Waals surface area contributed by atoms with Crippen molar-refractivity contribution in [2.24, 2.45) is 0 Å². The highest BCUT2D eigenvalue weighted by Gasteiger charge is 2.26. The van der Waals surface area contributed by atoms with Crippen molar-refractivity contribution >= 4 is 19.6 Å². The van der Waals surface area contributed by atoms with Crippen molar-refractivity contribution in [1.29, 1.82) is 0 Å². The topological polar surface area (TPSA) is 23.5 Å². The van der Waals surface area contributed by atoms with Crippen LogP contribution in [0.3, 0.4) is 0 Å². The minimum absolute atomic E-state index is 0.0950. The summed E-state index contributed by atoms with van der Waals surface area (Å²) in [5, 5.41) is 11.6. The van der Waals surface area contributed by atoms with Crippen LogP contribution < -0.4 is 10.2 Å². The minimum Gasteiger partial charge on any atom is -0.507 e. The van der Waals surface area contributed by atoms with Crippen molar-refractivity contribution in [2.45, 2.75) is 25.9 Å². The number of aryl methyl sites for hydroxylation is 1. The fourth-order valence-corrected chi connectivity index (χ4v) is 4.16. The first-order chi connectivity index (χ1) is 9.83. The molecule has 2 aromatic rings. The summed E-state index contributed by atoms with van der Waals surface area (Å²) in [6.45, 7) is 6.35. The fraction of sp³-hybridized carbons (Fsp3) is 0.333. The molecule has 3 heteroatoms. The molecule has 2 nitrogen and oxygen atoms in total. The van der Waals surface area contributed by atoms with Gasteiger partial charge in [-0.3, -0.25) is 0 Å². The van der Waals surface area contributed by atoms with Gasteiger partial charge >= 0.3 is 0 Å². The van der Waals surface area contributed by atoms with E-state index in [1.165, 1.54) is 11.0 Å². The molecule has 0 heterocycles. The van der Waals surface area contributed by atoms with Crippen LogP contribution in [-0.4, -0.2) is 19.2 Å². The summed E-state index contributed by atoms with van der Waals surface area (Å²) >= 11 is 0. The second-order valence-corrected chi connectivity index (χ2v) is 8.17. The van der Waals surface area contributed by atoms with Gasteiger partial charge in [0, 0.05) is 30.5 Å². The lowest BCUT2D eigenvalue weighted by molar-refractivity contribution is 0.457. The summed E-state index contributed by atoms with van der Waals surface area (Å²) < 4.78 is 0. The summed E-state index contributed by atoms with van der Waals surface area (Å²) in [6, 6.07) is 14.5. The van der Waals surface area contributed by atoms with E-state index in [4.69, 9.17) is 0 Å². The zero-order valence-electron chi connectivity index (χ0n) is 13.4. The smallest absolute Gasteiger partial charge is 0.122 e. The Bertz CT molecular complexity index is 635. The molecule has 0 amide bonds. The van der Waals surface area contributed by atoms with Crippen molar-refractivity contribution < 1.29 is 5.11 Å². The molecule has 2 rings (SSSR count). The third-order valence-electron chi connectivity index (χ3n) is 3.74. The summed E-state index contributed by atoms with van der Waals surface area (Å²) in [7, 11) is 4.73. The van der Waals surface area contributed by atoms with Gasteiger partial charge in [-0.2, -0.15) is 0 Å². The van der Waals surface area contributed by atoms with E-state index < -0.39 is 0 Å². The first-order valence-electron chi connectivity index (χ1n) is 7.16. The first-order valence-corrected chi connectivity index (χ1v) is 8.16. The summed E-state index contributed by atoms with van der Waals surface area (Å²) in [5.41, 5.74) is 3.21. The molecule has 0 aromatic heterocycles. The number of hydrogen-bond acceptors (Lipinski definition) is 2. The van der Waals surface area contributed by atoms with Crippen molar-refractivity contribution in [2.75, 3.05) is 19.0 Å². The Morgan fingerprint density at radius 3 is 2.33 bits per heavy atom. The molecule has 2 aromatic carbocycles. The van der Waals surface area contributed by atoms with Crippen LogP contribution in [0.4, 0.5) is 5.69 Å². The first kappa shape index (κ1) is 15.9. The van der Waals surface area contributed by atoms with Gasteiger partial charge in [-0.25, -0.2) is 0 Å². The monoisotopic (exact) mass is 301 g/mol. The van der Waals surface area contributed by atoms with Crippen LogP contribution in [-0.2, 0) is 5.16 Å². The Morgan fingerprint density at radius 1 is 1.00 bits per heavy atom. The van der Waals surface area contributed by atoms with Gasteiger partial charge in [-0.05, 0) is 23.9 Å². The van der Waals surface area contributed by atoms with Crippen LogP contribution >= 0.6 is 8.58 Å². The maximum absolute atomic E-state index is 10.4. The number of nitrogens with zero attached hydrogens (tertiary/aromatic N) is 1. The quantitative estimate of drug-likeness (QED) is 0.863. The number of phenols is 1. The minimum atomic E-state index is -0.0950. The fourth-order valence-electron chi connectivity index (χ4n) is 2.54. The van der Waals surface area contributed by atoms with E-state index in [0.717, 1.165) is 11.1 Å².